The third kappa shape index (κ3) is 4.21. The molecule has 0 aliphatic heterocycles. The Morgan fingerprint density at radius 2 is 1.90 bits per heavy atom. The first-order chi connectivity index (χ1) is 10.1. The fraction of sp³-hybridized carbons (Fsp3) is 0.500. The van der Waals surface area contributed by atoms with Gasteiger partial charge in [-0.3, -0.25) is 9.59 Å². The number of nitrogens with one attached hydrogen (secondary N) is 1. The zero-order chi connectivity index (χ0) is 15.2. The molecule has 21 heavy (non-hydrogen) atoms. The molecule has 1 saturated carbocycles. The van der Waals surface area contributed by atoms with Gasteiger partial charge in [0.2, 0.25) is 5.91 Å². The summed E-state index contributed by atoms with van der Waals surface area (Å²) >= 11 is 0. The first-order valence-electron chi connectivity index (χ1n) is 7.23. The van der Waals surface area contributed by atoms with Crippen molar-refractivity contribution in [1.82, 2.24) is 5.32 Å². The molecule has 1 amide bonds. The molecule has 0 spiro atoms. The predicted molar refractivity (Wildman–Crippen MR) is 78.2 cm³/mol. The Bertz CT molecular complexity index is 498. The van der Waals surface area contributed by atoms with Crippen molar-refractivity contribution < 1.29 is 19.4 Å². The highest BCUT2D eigenvalue weighted by atomic mass is 16.5. The molecule has 2 atom stereocenters. The summed E-state index contributed by atoms with van der Waals surface area (Å²) in [5.41, 5.74) is 1.13. The Labute approximate surface area is 124 Å². The summed E-state index contributed by atoms with van der Waals surface area (Å²) in [6, 6.07) is 7.74. The zero-order valence-corrected chi connectivity index (χ0v) is 12.2. The second-order valence-corrected chi connectivity index (χ2v) is 5.43. The minimum absolute atomic E-state index is 0.0211. The number of aliphatic carboxylic acids is 1. The first kappa shape index (κ1) is 15.4. The van der Waals surface area contributed by atoms with E-state index in [4.69, 9.17) is 9.84 Å². The van der Waals surface area contributed by atoms with E-state index in [9.17, 15) is 9.59 Å². The van der Waals surface area contributed by atoms with Crippen molar-refractivity contribution >= 4 is 11.9 Å². The maximum atomic E-state index is 12.0. The number of carboxylic acid groups (broad SMARTS) is 1. The monoisotopic (exact) mass is 291 g/mol. The molecule has 0 radical (unpaired) electrons. The highest BCUT2D eigenvalue weighted by molar-refractivity contribution is 5.80. The molecule has 0 saturated heterocycles. The predicted octanol–water partition coefficient (Wildman–Crippen LogP) is 1.85. The largest absolute Gasteiger partial charge is 0.497 e. The second-order valence-electron chi connectivity index (χ2n) is 5.43. The second kappa shape index (κ2) is 7.11. The van der Waals surface area contributed by atoms with Crippen molar-refractivity contribution in [2.75, 3.05) is 13.7 Å². The van der Waals surface area contributed by atoms with Gasteiger partial charge in [0.25, 0.3) is 0 Å². The molecule has 0 bridgehead atoms. The van der Waals surface area contributed by atoms with Crippen LogP contribution in [0, 0.1) is 11.8 Å². The van der Waals surface area contributed by atoms with Gasteiger partial charge in [-0.1, -0.05) is 12.1 Å². The molecule has 1 aromatic carbocycles. The van der Waals surface area contributed by atoms with Gasteiger partial charge in [0.1, 0.15) is 5.75 Å². The lowest BCUT2D eigenvalue weighted by Gasteiger charge is -2.11. The van der Waals surface area contributed by atoms with E-state index in [0.717, 1.165) is 17.7 Å². The van der Waals surface area contributed by atoms with Gasteiger partial charge in [-0.05, 0) is 43.4 Å². The summed E-state index contributed by atoms with van der Waals surface area (Å²) in [6.07, 6.45) is 2.49. The molecule has 1 aliphatic rings. The van der Waals surface area contributed by atoms with Crippen LogP contribution in [0.3, 0.4) is 0 Å². The Balaban J connectivity index is 1.73. The Hall–Kier alpha value is -2.04. The number of benzene rings is 1. The third-order valence-electron chi connectivity index (χ3n) is 4.02. The molecule has 2 N–H and O–H groups in total. The number of ether oxygens (including phenoxy) is 1. The van der Waals surface area contributed by atoms with E-state index in [0.29, 0.717) is 25.8 Å². The lowest BCUT2D eigenvalue weighted by molar-refractivity contribution is -0.141. The summed E-state index contributed by atoms with van der Waals surface area (Å²) in [5.74, 6) is -0.506. The number of carbonyl (C=O) groups excluding carboxylic acids is 1. The number of rotatable bonds is 6. The average molecular weight is 291 g/mol. The van der Waals surface area contributed by atoms with Crippen molar-refractivity contribution in [2.45, 2.75) is 25.7 Å². The standard InChI is InChI=1S/C16H21NO4/c1-21-14-6-2-11(3-7-14)8-9-17-15(18)12-4-5-13(10-12)16(19)20/h2-3,6-7,12-13H,4-5,8-10H2,1H3,(H,17,18)(H,19,20)/t12-,13+/m1/s1. The summed E-state index contributed by atoms with van der Waals surface area (Å²) in [5, 5.41) is 11.8. The molecule has 5 heteroatoms. The van der Waals surface area contributed by atoms with E-state index in [-0.39, 0.29) is 17.7 Å². The minimum Gasteiger partial charge on any atom is -0.497 e. The molecule has 1 aromatic rings. The summed E-state index contributed by atoms with van der Waals surface area (Å²) in [7, 11) is 1.63. The Morgan fingerprint density at radius 1 is 1.24 bits per heavy atom. The van der Waals surface area contributed by atoms with Gasteiger partial charge < -0.3 is 15.2 Å². The van der Waals surface area contributed by atoms with Crippen molar-refractivity contribution in [3.05, 3.63) is 29.8 Å². The highest BCUT2D eigenvalue weighted by Crippen LogP contribution is 2.31. The first-order valence-corrected chi connectivity index (χ1v) is 7.23. The van der Waals surface area contributed by atoms with Crippen LogP contribution in [0.25, 0.3) is 0 Å². The molecule has 2 rings (SSSR count). The van der Waals surface area contributed by atoms with Crippen LogP contribution in [0.2, 0.25) is 0 Å². The maximum absolute atomic E-state index is 12.0. The summed E-state index contributed by atoms with van der Waals surface area (Å²) in [6.45, 7) is 0.569. The van der Waals surface area contributed by atoms with Crippen LogP contribution in [0.5, 0.6) is 5.75 Å². The van der Waals surface area contributed by atoms with E-state index >= 15 is 0 Å². The van der Waals surface area contributed by atoms with Crippen LogP contribution in [0.1, 0.15) is 24.8 Å². The minimum atomic E-state index is -0.788. The van der Waals surface area contributed by atoms with Gasteiger partial charge in [-0.2, -0.15) is 0 Å². The van der Waals surface area contributed by atoms with Crippen LogP contribution < -0.4 is 10.1 Å². The highest BCUT2D eigenvalue weighted by Gasteiger charge is 2.33. The fourth-order valence-corrected chi connectivity index (χ4v) is 2.71. The molecule has 0 aromatic heterocycles. The number of carbonyl (C=O) groups is 2. The fourth-order valence-electron chi connectivity index (χ4n) is 2.71. The number of methoxy groups -OCH3 is 1. The Morgan fingerprint density at radius 3 is 2.48 bits per heavy atom. The number of carboxylic acids is 1. The number of hydrogen-bond donors (Lipinski definition) is 2. The van der Waals surface area contributed by atoms with Gasteiger partial charge in [0.15, 0.2) is 0 Å². The normalized spacial score (nSPS) is 21.0. The SMILES string of the molecule is COc1ccc(CCNC(=O)[C@@H]2CC[C@H](C(=O)O)C2)cc1. The van der Waals surface area contributed by atoms with Gasteiger partial charge in [0, 0.05) is 12.5 Å². The van der Waals surface area contributed by atoms with E-state index in [1.165, 1.54) is 0 Å². The third-order valence-corrected chi connectivity index (χ3v) is 4.02. The molecule has 1 aliphatic carbocycles. The quantitative estimate of drug-likeness (QED) is 0.838. The molecular weight excluding hydrogens is 270 g/mol. The topological polar surface area (TPSA) is 75.6 Å². The maximum Gasteiger partial charge on any atom is 0.306 e. The van der Waals surface area contributed by atoms with Gasteiger partial charge >= 0.3 is 5.97 Å². The molecule has 0 heterocycles. The summed E-state index contributed by atoms with van der Waals surface area (Å²) in [4.78, 5) is 22.9. The van der Waals surface area contributed by atoms with Crippen molar-refractivity contribution in [3.63, 3.8) is 0 Å². The lowest BCUT2D eigenvalue weighted by atomic mass is 10.0. The van der Waals surface area contributed by atoms with Crippen LogP contribution in [-0.4, -0.2) is 30.6 Å². The van der Waals surface area contributed by atoms with Crippen LogP contribution >= 0.6 is 0 Å². The van der Waals surface area contributed by atoms with Gasteiger partial charge in [0.05, 0.1) is 13.0 Å². The zero-order valence-electron chi connectivity index (χ0n) is 12.2. The van der Waals surface area contributed by atoms with Crippen molar-refractivity contribution in [1.29, 1.82) is 0 Å². The summed E-state index contributed by atoms with van der Waals surface area (Å²) < 4.78 is 5.09. The lowest BCUT2D eigenvalue weighted by Crippen LogP contribution is -2.31. The molecule has 5 nitrogen and oxygen atoms in total. The molecule has 114 valence electrons. The molecule has 0 unspecified atom stereocenters. The van der Waals surface area contributed by atoms with Gasteiger partial charge in [-0.25, -0.2) is 0 Å². The van der Waals surface area contributed by atoms with E-state index in [2.05, 4.69) is 5.32 Å². The number of amides is 1. The van der Waals surface area contributed by atoms with Crippen LogP contribution in [0.15, 0.2) is 24.3 Å². The molecule has 1 fully saturated rings. The van der Waals surface area contributed by atoms with E-state index in [1.54, 1.807) is 7.11 Å². The van der Waals surface area contributed by atoms with E-state index in [1.807, 2.05) is 24.3 Å². The van der Waals surface area contributed by atoms with Crippen molar-refractivity contribution in [2.24, 2.45) is 11.8 Å². The smallest absolute Gasteiger partial charge is 0.306 e. The van der Waals surface area contributed by atoms with Gasteiger partial charge in [-0.15, -0.1) is 0 Å². The Kier molecular flexibility index (Phi) is 5.20. The van der Waals surface area contributed by atoms with Crippen molar-refractivity contribution in [3.8, 4) is 5.75 Å². The van der Waals surface area contributed by atoms with E-state index < -0.39 is 5.97 Å². The molecular formula is C16H21NO4. The van der Waals surface area contributed by atoms with Crippen LogP contribution in [0.4, 0.5) is 0 Å². The average Bonchev–Trinajstić information content (AvgIpc) is 2.98. The number of hydrogen-bond acceptors (Lipinski definition) is 3. The van der Waals surface area contributed by atoms with Crippen LogP contribution in [-0.2, 0) is 16.0 Å².